The van der Waals surface area contributed by atoms with Crippen LogP contribution in [0.4, 0.5) is 4.39 Å². The van der Waals surface area contributed by atoms with Crippen molar-refractivity contribution in [3.05, 3.63) is 65.7 Å². The molecule has 17 heavy (non-hydrogen) atoms. The lowest BCUT2D eigenvalue weighted by atomic mass is 9.88. The van der Waals surface area contributed by atoms with E-state index in [1.807, 2.05) is 25.1 Å². The Kier molecular flexibility index (Phi) is 3.20. The summed E-state index contributed by atoms with van der Waals surface area (Å²) >= 11 is 0. The summed E-state index contributed by atoms with van der Waals surface area (Å²) in [7, 11) is 0. The van der Waals surface area contributed by atoms with Gasteiger partial charge in [0.1, 0.15) is 5.82 Å². The van der Waals surface area contributed by atoms with E-state index in [4.69, 9.17) is 5.73 Å². The van der Waals surface area contributed by atoms with Crippen molar-refractivity contribution in [1.82, 2.24) is 4.98 Å². The molecule has 0 radical (unpaired) electrons. The smallest absolute Gasteiger partial charge is 0.123 e. The fraction of sp³-hybridized carbons (Fsp3) is 0.214. The van der Waals surface area contributed by atoms with Crippen LogP contribution in [0, 0.1) is 5.82 Å². The van der Waals surface area contributed by atoms with Crippen LogP contribution in [-0.4, -0.2) is 4.98 Å². The van der Waals surface area contributed by atoms with E-state index in [0.29, 0.717) is 6.42 Å². The van der Waals surface area contributed by atoms with Gasteiger partial charge in [-0.05, 0) is 36.8 Å². The predicted molar refractivity (Wildman–Crippen MR) is 65.9 cm³/mol. The summed E-state index contributed by atoms with van der Waals surface area (Å²) in [5.74, 6) is -0.248. The van der Waals surface area contributed by atoms with Gasteiger partial charge in [0.15, 0.2) is 0 Å². The van der Waals surface area contributed by atoms with E-state index in [1.54, 1.807) is 18.3 Å². The van der Waals surface area contributed by atoms with Gasteiger partial charge < -0.3 is 5.73 Å². The Morgan fingerprint density at radius 3 is 2.47 bits per heavy atom. The molecule has 1 heterocycles. The average molecular weight is 230 g/mol. The first-order chi connectivity index (χ1) is 8.08. The van der Waals surface area contributed by atoms with Crippen LogP contribution in [0.5, 0.6) is 0 Å². The quantitative estimate of drug-likeness (QED) is 0.880. The van der Waals surface area contributed by atoms with Crippen molar-refractivity contribution in [3.63, 3.8) is 0 Å². The van der Waals surface area contributed by atoms with E-state index in [-0.39, 0.29) is 5.82 Å². The van der Waals surface area contributed by atoms with Crippen LogP contribution in [0.1, 0.15) is 18.2 Å². The van der Waals surface area contributed by atoms with Gasteiger partial charge >= 0.3 is 0 Å². The molecule has 2 aromatic rings. The van der Waals surface area contributed by atoms with E-state index in [9.17, 15) is 4.39 Å². The van der Waals surface area contributed by atoms with Crippen molar-refractivity contribution in [3.8, 4) is 0 Å². The second kappa shape index (κ2) is 4.63. The van der Waals surface area contributed by atoms with Gasteiger partial charge in [0.2, 0.25) is 0 Å². The zero-order valence-corrected chi connectivity index (χ0v) is 9.73. The van der Waals surface area contributed by atoms with Gasteiger partial charge in [-0.25, -0.2) is 4.39 Å². The molecule has 1 aromatic carbocycles. The summed E-state index contributed by atoms with van der Waals surface area (Å²) < 4.78 is 12.8. The topological polar surface area (TPSA) is 38.9 Å². The lowest BCUT2D eigenvalue weighted by Crippen LogP contribution is -2.35. The largest absolute Gasteiger partial charge is 0.321 e. The van der Waals surface area contributed by atoms with Crippen LogP contribution in [-0.2, 0) is 12.0 Å². The summed E-state index contributed by atoms with van der Waals surface area (Å²) in [5.41, 5.74) is 7.56. The van der Waals surface area contributed by atoms with Gasteiger partial charge in [-0.1, -0.05) is 18.2 Å². The third-order valence-electron chi connectivity index (χ3n) is 2.78. The molecular weight excluding hydrogens is 215 g/mol. The van der Waals surface area contributed by atoms with E-state index in [0.717, 1.165) is 11.3 Å². The lowest BCUT2D eigenvalue weighted by Gasteiger charge is -2.24. The molecule has 0 fully saturated rings. The molecule has 0 aliphatic carbocycles. The zero-order chi connectivity index (χ0) is 12.3. The molecule has 3 heteroatoms. The molecule has 88 valence electrons. The highest BCUT2D eigenvalue weighted by atomic mass is 19.1. The van der Waals surface area contributed by atoms with Gasteiger partial charge in [0, 0.05) is 23.9 Å². The minimum Gasteiger partial charge on any atom is -0.321 e. The van der Waals surface area contributed by atoms with Crippen molar-refractivity contribution >= 4 is 0 Å². The van der Waals surface area contributed by atoms with Crippen molar-refractivity contribution < 1.29 is 4.39 Å². The fourth-order valence-corrected chi connectivity index (χ4v) is 1.81. The molecule has 0 saturated heterocycles. The number of nitrogens with two attached hydrogens (primary N) is 1. The Balaban J connectivity index is 2.21. The molecule has 1 unspecified atom stereocenters. The van der Waals surface area contributed by atoms with Crippen LogP contribution in [0.15, 0.2) is 48.7 Å². The number of nitrogens with zero attached hydrogens (tertiary/aromatic N) is 1. The Hall–Kier alpha value is -1.74. The molecule has 2 rings (SSSR count). The Morgan fingerprint density at radius 1 is 1.18 bits per heavy atom. The number of rotatable bonds is 3. The minimum absolute atomic E-state index is 0.248. The Labute approximate surface area is 100 Å². The highest BCUT2D eigenvalue weighted by molar-refractivity contribution is 5.25. The van der Waals surface area contributed by atoms with Crippen LogP contribution >= 0.6 is 0 Å². The highest BCUT2D eigenvalue weighted by Crippen LogP contribution is 2.22. The molecule has 0 spiro atoms. The third-order valence-corrected chi connectivity index (χ3v) is 2.78. The molecule has 2 N–H and O–H groups in total. The molecule has 0 aliphatic heterocycles. The summed E-state index contributed by atoms with van der Waals surface area (Å²) in [5, 5.41) is 0. The summed E-state index contributed by atoms with van der Waals surface area (Å²) in [6, 6.07) is 12.0. The van der Waals surface area contributed by atoms with E-state index in [1.165, 1.54) is 12.1 Å². The average Bonchev–Trinajstić information content (AvgIpc) is 2.30. The summed E-state index contributed by atoms with van der Waals surface area (Å²) in [4.78, 5) is 4.25. The molecule has 1 aromatic heterocycles. The number of aromatic nitrogens is 1. The predicted octanol–water partition coefficient (Wildman–Crippen LogP) is 2.64. The SMILES string of the molecule is CC(N)(Cc1ccccn1)c1ccc(F)cc1. The second-order valence-electron chi connectivity index (χ2n) is 4.42. The molecule has 2 nitrogen and oxygen atoms in total. The molecule has 0 aliphatic rings. The molecule has 0 bridgehead atoms. The van der Waals surface area contributed by atoms with Crippen LogP contribution in [0.3, 0.4) is 0 Å². The number of hydrogen-bond acceptors (Lipinski definition) is 2. The van der Waals surface area contributed by atoms with Crippen LogP contribution in [0.25, 0.3) is 0 Å². The molecule has 0 saturated carbocycles. The van der Waals surface area contributed by atoms with Crippen molar-refractivity contribution in [2.75, 3.05) is 0 Å². The maximum Gasteiger partial charge on any atom is 0.123 e. The summed E-state index contributed by atoms with van der Waals surface area (Å²) in [6.07, 6.45) is 2.37. The Bertz CT molecular complexity index is 477. The van der Waals surface area contributed by atoms with Crippen molar-refractivity contribution in [1.29, 1.82) is 0 Å². The highest BCUT2D eigenvalue weighted by Gasteiger charge is 2.22. The zero-order valence-electron chi connectivity index (χ0n) is 9.73. The minimum atomic E-state index is -0.540. The van der Waals surface area contributed by atoms with Gasteiger partial charge in [-0.15, -0.1) is 0 Å². The van der Waals surface area contributed by atoms with E-state index >= 15 is 0 Å². The van der Waals surface area contributed by atoms with Gasteiger partial charge in [-0.3, -0.25) is 4.98 Å². The van der Waals surface area contributed by atoms with Crippen LogP contribution in [0.2, 0.25) is 0 Å². The number of hydrogen-bond donors (Lipinski definition) is 1. The number of pyridine rings is 1. The lowest BCUT2D eigenvalue weighted by molar-refractivity contribution is 0.484. The van der Waals surface area contributed by atoms with E-state index in [2.05, 4.69) is 4.98 Å². The molecular formula is C14H15FN2. The van der Waals surface area contributed by atoms with E-state index < -0.39 is 5.54 Å². The molecule has 0 amide bonds. The van der Waals surface area contributed by atoms with Gasteiger partial charge in [0.25, 0.3) is 0 Å². The van der Waals surface area contributed by atoms with Crippen LogP contribution < -0.4 is 5.73 Å². The van der Waals surface area contributed by atoms with Crippen molar-refractivity contribution in [2.24, 2.45) is 5.73 Å². The number of benzene rings is 1. The van der Waals surface area contributed by atoms with Crippen molar-refractivity contribution in [2.45, 2.75) is 18.9 Å². The maximum atomic E-state index is 12.8. The first-order valence-electron chi connectivity index (χ1n) is 5.53. The summed E-state index contributed by atoms with van der Waals surface area (Å²) in [6.45, 7) is 1.93. The normalized spacial score (nSPS) is 14.3. The molecule has 1 atom stereocenters. The third kappa shape index (κ3) is 2.88. The van der Waals surface area contributed by atoms with Gasteiger partial charge in [-0.2, -0.15) is 0 Å². The number of halogens is 1. The second-order valence-corrected chi connectivity index (χ2v) is 4.42. The maximum absolute atomic E-state index is 12.8. The first-order valence-corrected chi connectivity index (χ1v) is 5.53. The fourth-order valence-electron chi connectivity index (χ4n) is 1.81. The monoisotopic (exact) mass is 230 g/mol. The Morgan fingerprint density at radius 2 is 1.88 bits per heavy atom. The first kappa shape index (κ1) is 11.7. The van der Waals surface area contributed by atoms with Gasteiger partial charge in [0.05, 0.1) is 0 Å². The standard InChI is InChI=1S/C14H15FN2/c1-14(16,10-13-4-2-3-9-17-13)11-5-7-12(15)8-6-11/h2-9H,10,16H2,1H3.